The maximum Gasteiger partial charge on any atom is 0.215 e. The Morgan fingerprint density at radius 2 is 1.63 bits per heavy atom. The van der Waals surface area contributed by atoms with Crippen LogP contribution in [0.1, 0.15) is 57.8 Å². The lowest BCUT2D eigenvalue weighted by Gasteiger charge is -2.30. The Morgan fingerprint density at radius 3 is 2.21 bits per heavy atom. The minimum absolute atomic E-state index is 0.159. The third-order valence-corrected chi connectivity index (χ3v) is 6.60. The van der Waals surface area contributed by atoms with Crippen molar-refractivity contribution in [1.29, 1.82) is 0 Å². The van der Waals surface area contributed by atoms with Crippen LogP contribution in [0.25, 0.3) is 0 Å². The average Bonchev–Trinajstić information content (AvgIpc) is 2.67. The van der Waals surface area contributed by atoms with Crippen LogP contribution in [0, 0.1) is 0 Å². The van der Waals surface area contributed by atoms with Crippen LogP contribution in [0.2, 0.25) is 0 Å². The van der Waals surface area contributed by atoms with Gasteiger partial charge in [-0.05, 0) is 32.2 Å². The molecule has 1 heterocycles. The minimum Gasteiger partial charge on any atom is -0.313 e. The molecule has 1 atom stereocenters. The van der Waals surface area contributed by atoms with Gasteiger partial charge in [-0.15, -0.1) is 0 Å². The molecule has 0 spiro atoms. The second kappa shape index (κ2) is 7.04. The van der Waals surface area contributed by atoms with Crippen LogP contribution in [0.4, 0.5) is 0 Å². The Kier molecular flexibility index (Phi) is 5.66. The van der Waals surface area contributed by atoms with Gasteiger partial charge in [-0.2, -0.15) is 0 Å². The van der Waals surface area contributed by atoms with Gasteiger partial charge >= 0.3 is 0 Å². The van der Waals surface area contributed by atoms with Crippen LogP contribution in [-0.4, -0.2) is 44.2 Å². The highest BCUT2D eigenvalue weighted by Gasteiger charge is 2.29. The number of nitrogens with one attached hydrogen (secondary N) is 1. The van der Waals surface area contributed by atoms with Crippen molar-refractivity contribution < 1.29 is 8.42 Å². The molecule has 5 heteroatoms. The van der Waals surface area contributed by atoms with Crippen molar-refractivity contribution in [3.63, 3.8) is 0 Å². The normalized spacial score (nSPS) is 27.4. The number of piperidine rings is 1. The molecule has 1 aliphatic heterocycles. The molecule has 0 radical (unpaired) electrons. The van der Waals surface area contributed by atoms with E-state index in [4.69, 9.17) is 0 Å². The first-order valence-corrected chi connectivity index (χ1v) is 9.39. The first-order chi connectivity index (χ1) is 9.09. The molecule has 112 valence electrons. The minimum atomic E-state index is -3.10. The van der Waals surface area contributed by atoms with Crippen molar-refractivity contribution in [2.75, 3.05) is 19.3 Å². The number of hydrogen-bond acceptors (Lipinski definition) is 3. The quantitative estimate of drug-likeness (QED) is 0.806. The van der Waals surface area contributed by atoms with Crippen molar-refractivity contribution >= 4 is 10.0 Å². The van der Waals surface area contributed by atoms with Crippen LogP contribution in [0.3, 0.4) is 0 Å². The zero-order chi connectivity index (χ0) is 13.7. The summed E-state index contributed by atoms with van der Waals surface area (Å²) < 4.78 is 26.7. The lowest BCUT2D eigenvalue weighted by Crippen LogP contribution is -2.45. The molecule has 2 rings (SSSR count). The fourth-order valence-electron chi connectivity index (χ4n) is 3.29. The third kappa shape index (κ3) is 4.43. The van der Waals surface area contributed by atoms with Gasteiger partial charge in [0, 0.05) is 19.1 Å². The molecule has 1 saturated heterocycles. The van der Waals surface area contributed by atoms with Gasteiger partial charge in [0.2, 0.25) is 10.0 Å². The topological polar surface area (TPSA) is 49.4 Å². The zero-order valence-corrected chi connectivity index (χ0v) is 12.9. The molecule has 4 nitrogen and oxygen atoms in total. The molecule has 0 bridgehead atoms. The average molecular weight is 288 g/mol. The van der Waals surface area contributed by atoms with E-state index in [1.165, 1.54) is 32.1 Å². The summed E-state index contributed by atoms with van der Waals surface area (Å²) in [6.45, 7) is 0.966. The van der Waals surface area contributed by atoms with E-state index in [1.807, 2.05) is 0 Å². The van der Waals surface area contributed by atoms with Crippen LogP contribution in [0.15, 0.2) is 0 Å². The Labute approximate surface area is 118 Å². The van der Waals surface area contributed by atoms with Gasteiger partial charge in [-0.25, -0.2) is 12.7 Å². The third-order valence-electron chi connectivity index (χ3n) is 4.60. The number of hydrogen-bond donors (Lipinski definition) is 1. The maximum atomic E-state index is 12.5. The number of sulfonamides is 1. The summed E-state index contributed by atoms with van der Waals surface area (Å²) in [6.07, 6.45) is 10.3. The fraction of sp³-hybridized carbons (Fsp3) is 1.00. The Balaban J connectivity index is 1.92. The zero-order valence-electron chi connectivity index (χ0n) is 12.1. The number of nitrogens with zero attached hydrogens (tertiary/aromatic N) is 1. The summed E-state index contributed by atoms with van der Waals surface area (Å²) in [4.78, 5) is 0. The summed E-state index contributed by atoms with van der Waals surface area (Å²) in [5, 5.41) is 3.34. The summed E-state index contributed by atoms with van der Waals surface area (Å²) in [7, 11) is -1.32. The molecule has 1 N–H and O–H groups in total. The highest BCUT2D eigenvalue weighted by atomic mass is 32.2. The summed E-state index contributed by atoms with van der Waals surface area (Å²) in [6, 6.07) is 0.392. The van der Waals surface area contributed by atoms with Crippen molar-refractivity contribution in [1.82, 2.24) is 9.62 Å². The molecule has 0 aromatic carbocycles. The second-order valence-electron chi connectivity index (χ2n) is 6.09. The first-order valence-electron chi connectivity index (χ1n) is 7.79. The van der Waals surface area contributed by atoms with Gasteiger partial charge in [0.05, 0.1) is 5.75 Å². The van der Waals surface area contributed by atoms with E-state index in [9.17, 15) is 8.42 Å². The van der Waals surface area contributed by atoms with Gasteiger partial charge < -0.3 is 5.32 Å². The smallest absolute Gasteiger partial charge is 0.215 e. The molecule has 2 fully saturated rings. The Morgan fingerprint density at radius 1 is 1.00 bits per heavy atom. The highest BCUT2D eigenvalue weighted by molar-refractivity contribution is 7.89. The lowest BCUT2D eigenvalue weighted by atomic mass is 10.1. The van der Waals surface area contributed by atoms with Gasteiger partial charge in [-0.3, -0.25) is 0 Å². The molecule has 0 amide bonds. The molecule has 0 aromatic rings. The number of rotatable bonds is 4. The fourth-order valence-corrected chi connectivity index (χ4v) is 4.98. The predicted octanol–water partition coefficient (Wildman–Crippen LogP) is 2.11. The highest BCUT2D eigenvalue weighted by Crippen LogP contribution is 2.23. The van der Waals surface area contributed by atoms with E-state index in [1.54, 1.807) is 11.4 Å². The maximum absolute atomic E-state index is 12.5. The molecule has 2 aliphatic rings. The van der Waals surface area contributed by atoms with Crippen molar-refractivity contribution in [3.05, 3.63) is 0 Å². The standard InChI is InChI=1S/C14H28N2O2S/c1-16(14-9-4-2-3-5-10-14)19(17,18)12-13-8-6-7-11-15-13/h13-15H,2-12H2,1H3. The summed E-state index contributed by atoms with van der Waals surface area (Å²) >= 11 is 0. The molecule has 19 heavy (non-hydrogen) atoms. The molecule has 1 unspecified atom stereocenters. The molecular formula is C14H28N2O2S. The van der Waals surface area contributed by atoms with Crippen LogP contribution in [-0.2, 0) is 10.0 Å². The summed E-state index contributed by atoms with van der Waals surface area (Å²) in [5.41, 5.74) is 0. The first kappa shape index (κ1) is 15.3. The molecule has 0 aromatic heterocycles. The molecule has 1 saturated carbocycles. The van der Waals surface area contributed by atoms with Crippen molar-refractivity contribution in [2.45, 2.75) is 69.9 Å². The monoisotopic (exact) mass is 288 g/mol. The predicted molar refractivity (Wildman–Crippen MR) is 78.7 cm³/mol. The van der Waals surface area contributed by atoms with Gasteiger partial charge in [0.15, 0.2) is 0 Å². The molecule has 1 aliphatic carbocycles. The van der Waals surface area contributed by atoms with E-state index in [-0.39, 0.29) is 17.8 Å². The SMILES string of the molecule is CN(C1CCCCCC1)S(=O)(=O)CC1CCCCN1. The lowest BCUT2D eigenvalue weighted by molar-refractivity contribution is 0.330. The Hall–Kier alpha value is -0.130. The van der Waals surface area contributed by atoms with Crippen molar-refractivity contribution in [2.24, 2.45) is 0 Å². The van der Waals surface area contributed by atoms with Gasteiger partial charge in [-0.1, -0.05) is 32.1 Å². The van der Waals surface area contributed by atoms with E-state index in [2.05, 4.69) is 5.32 Å². The van der Waals surface area contributed by atoms with E-state index in [0.29, 0.717) is 0 Å². The Bertz CT molecular complexity index is 356. The van der Waals surface area contributed by atoms with Crippen molar-refractivity contribution in [3.8, 4) is 0 Å². The molecular weight excluding hydrogens is 260 g/mol. The second-order valence-corrected chi connectivity index (χ2v) is 8.16. The van der Waals surface area contributed by atoms with Crippen LogP contribution < -0.4 is 5.32 Å². The van der Waals surface area contributed by atoms with Crippen LogP contribution in [0.5, 0.6) is 0 Å². The van der Waals surface area contributed by atoms with Gasteiger partial charge in [0.25, 0.3) is 0 Å². The van der Waals surface area contributed by atoms with Crippen LogP contribution >= 0.6 is 0 Å². The van der Waals surface area contributed by atoms with E-state index < -0.39 is 10.0 Å². The summed E-state index contributed by atoms with van der Waals surface area (Å²) in [5.74, 6) is 0.278. The van der Waals surface area contributed by atoms with E-state index in [0.717, 1.165) is 32.2 Å². The largest absolute Gasteiger partial charge is 0.313 e. The van der Waals surface area contributed by atoms with E-state index >= 15 is 0 Å². The van der Waals surface area contributed by atoms with Gasteiger partial charge in [0.1, 0.15) is 0 Å².